The van der Waals surface area contributed by atoms with Crippen molar-refractivity contribution in [2.24, 2.45) is 0 Å². The van der Waals surface area contributed by atoms with Crippen molar-refractivity contribution in [1.29, 1.82) is 0 Å². The summed E-state index contributed by atoms with van der Waals surface area (Å²) >= 11 is 18.5. The van der Waals surface area contributed by atoms with Crippen LogP contribution in [0.1, 0.15) is 0 Å². The van der Waals surface area contributed by atoms with Gasteiger partial charge in [0.1, 0.15) is 10.9 Å². The smallest absolute Gasteiger partial charge is 0.161 e. The van der Waals surface area contributed by atoms with Crippen molar-refractivity contribution in [3.8, 4) is 17.1 Å². The average molecular weight is 340 g/mol. The van der Waals surface area contributed by atoms with Gasteiger partial charge in [-0.3, -0.25) is 0 Å². The molecule has 0 saturated heterocycles. The van der Waals surface area contributed by atoms with Crippen LogP contribution in [-0.4, -0.2) is 17.1 Å². The maximum absolute atomic E-state index is 6.23. The van der Waals surface area contributed by atoms with Crippen molar-refractivity contribution >= 4 is 45.7 Å². The molecular weight excluding hydrogens is 331 g/mol. The van der Waals surface area contributed by atoms with Gasteiger partial charge in [-0.15, -0.1) is 0 Å². The van der Waals surface area contributed by atoms with E-state index in [4.69, 9.17) is 39.5 Å². The highest BCUT2D eigenvalue weighted by Gasteiger charge is 2.13. The summed E-state index contributed by atoms with van der Waals surface area (Å²) in [7, 11) is 1.61. The lowest BCUT2D eigenvalue weighted by molar-refractivity contribution is 0.415. The number of methoxy groups -OCH3 is 1. The van der Waals surface area contributed by atoms with Gasteiger partial charge in [-0.05, 0) is 36.4 Å². The number of benzene rings is 2. The summed E-state index contributed by atoms with van der Waals surface area (Å²) in [4.78, 5) is 8.77. The Kier molecular flexibility index (Phi) is 3.89. The van der Waals surface area contributed by atoms with E-state index in [-0.39, 0.29) is 5.15 Å². The van der Waals surface area contributed by atoms with E-state index in [1.807, 2.05) is 24.3 Å². The van der Waals surface area contributed by atoms with Crippen molar-refractivity contribution in [1.82, 2.24) is 9.97 Å². The molecule has 3 aromatic rings. The Hall–Kier alpha value is -1.55. The Morgan fingerprint density at radius 1 is 0.857 bits per heavy atom. The summed E-state index contributed by atoms with van der Waals surface area (Å²) in [5, 5.41) is 1.79. The van der Waals surface area contributed by atoms with Crippen LogP contribution in [0.25, 0.3) is 22.3 Å². The second kappa shape index (κ2) is 5.68. The molecule has 0 spiro atoms. The van der Waals surface area contributed by atoms with Crippen molar-refractivity contribution in [3.05, 3.63) is 51.6 Å². The van der Waals surface area contributed by atoms with Crippen molar-refractivity contribution < 1.29 is 4.74 Å². The zero-order valence-electron chi connectivity index (χ0n) is 10.9. The van der Waals surface area contributed by atoms with Gasteiger partial charge in [-0.2, -0.15) is 0 Å². The van der Waals surface area contributed by atoms with Crippen LogP contribution in [0.2, 0.25) is 15.2 Å². The lowest BCUT2D eigenvalue weighted by atomic mass is 10.2. The summed E-state index contributed by atoms with van der Waals surface area (Å²) in [6.45, 7) is 0. The first-order valence-corrected chi connectivity index (χ1v) is 7.19. The zero-order valence-corrected chi connectivity index (χ0v) is 13.2. The van der Waals surface area contributed by atoms with E-state index in [2.05, 4.69) is 9.97 Å². The Bertz CT molecular complexity index is 819. The molecule has 21 heavy (non-hydrogen) atoms. The van der Waals surface area contributed by atoms with Crippen molar-refractivity contribution in [2.75, 3.05) is 7.11 Å². The number of ether oxygens (including phenoxy) is 1. The van der Waals surface area contributed by atoms with Crippen LogP contribution in [-0.2, 0) is 0 Å². The lowest BCUT2D eigenvalue weighted by Crippen LogP contribution is -1.93. The molecule has 0 N–H and O–H groups in total. The summed E-state index contributed by atoms with van der Waals surface area (Å²) in [5.41, 5.74) is 1.35. The first-order valence-electron chi connectivity index (χ1n) is 6.06. The highest BCUT2D eigenvalue weighted by atomic mass is 35.5. The molecule has 1 aromatic heterocycles. The van der Waals surface area contributed by atoms with Crippen LogP contribution in [0.4, 0.5) is 0 Å². The number of aromatic nitrogens is 2. The predicted molar refractivity (Wildman–Crippen MR) is 86.6 cm³/mol. The molecular formula is C15H9Cl3N2O. The molecule has 0 aliphatic heterocycles. The molecule has 0 aliphatic rings. The fourth-order valence-corrected chi connectivity index (χ4v) is 2.76. The predicted octanol–water partition coefficient (Wildman–Crippen LogP) is 5.27. The molecule has 6 heteroatoms. The SMILES string of the molecule is COc1ccc(-c2nc(Cl)c3c(Cl)ccc(Cl)c3n2)cc1. The zero-order chi connectivity index (χ0) is 15.0. The quantitative estimate of drug-likeness (QED) is 0.597. The number of hydrogen-bond acceptors (Lipinski definition) is 3. The summed E-state index contributed by atoms with van der Waals surface area (Å²) in [6.07, 6.45) is 0. The third kappa shape index (κ3) is 2.64. The van der Waals surface area contributed by atoms with E-state index in [1.54, 1.807) is 19.2 Å². The van der Waals surface area contributed by atoms with Gasteiger partial charge in [-0.25, -0.2) is 9.97 Å². The van der Waals surface area contributed by atoms with Gasteiger partial charge in [0.15, 0.2) is 5.82 Å². The molecule has 0 radical (unpaired) electrons. The van der Waals surface area contributed by atoms with Crippen molar-refractivity contribution in [3.63, 3.8) is 0 Å². The van der Waals surface area contributed by atoms with E-state index in [0.717, 1.165) is 11.3 Å². The fraction of sp³-hybridized carbons (Fsp3) is 0.0667. The third-order valence-corrected chi connectivity index (χ3v) is 3.95. The van der Waals surface area contributed by atoms with E-state index < -0.39 is 0 Å². The highest BCUT2D eigenvalue weighted by Crippen LogP contribution is 2.34. The van der Waals surface area contributed by atoms with Crippen molar-refractivity contribution in [2.45, 2.75) is 0 Å². The molecule has 0 bridgehead atoms. The van der Waals surface area contributed by atoms with Crippen LogP contribution in [0.3, 0.4) is 0 Å². The van der Waals surface area contributed by atoms with Crippen LogP contribution in [0.5, 0.6) is 5.75 Å². The minimum Gasteiger partial charge on any atom is -0.497 e. The largest absolute Gasteiger partial charge is 0.497 e. The molecule has 0 unspecified atom stereocenters. The normalized spacial score (nSPS) is 10.9. The van der Waals surface area contributed by atoms with E-state index in [9.17, 15) is 0 Å². The standard InChI is InChI=1S/C15H9Cl3N2O/c1-21-9-4-2-8(3-5-9)15-19-13-11(17)7-6-10(16)12(13)14(18)20-15/h2-7H,1H3. The number of nitrogens with zero attached hydrogens (tertiary/aromatic N) is 2. The minimum atomic E-state index is 0.276. The molecule has 2 aromatic carbocycles. The summed E-state index contributed by atoms with van der Waals surface area (Å²) in [5.74, 6) is 1.24. The summed E-state index contributed by atoms with van der Waals surface area (Å²) in [6, 6.07) is 10.7. The number of halogens is 3. The molecule has 0 amide bonds. The Labute approximate surface area is 136 Å². The Balaban J connectivity index is 2.22. The monoisotopic (exact) mass is 338 g/mol. The van der Waals surface area contributed by atoms with Gasteiger partial charge in [-0.1, -0.05) is 34.8 Å². The van der Waals surface area contributed by atoms with Gasteiger partial charge >= 0.3 is 0 Å². The topological polar surface area (TPSA) is 35.0 Å². The average Bonchev–Trinajstić information content (AvgIpc) is 2.50. The molecule has 0 fully saturated rings. The molecule has 0 saturated carbocycles. The maximum atomic E-state index is 6.23. The number of hydrogen-bond donors (Lipinski definition) is 0. The summed E-state index contributed by atoms with van der Waals surface area (Å²) < 4.78 is 5.13. The first-order chi connectivity index (χ1) is 10.1. The van der Waals surface area contributed by atoms with Crippen LogP contribution in [0.15, 0.2) is 36.4 Å². The minimum absolute atomic E-state index is 0.276. The lowest BCUT2D eigenvalue weighted by Gasteiger charge is -2.08. The van der Waals surface area contributed by atoms with Gasteiger partial charge in [0, 0.05) is 5.56 Å². The number of fused-ring (bicyclic) bond motifs is 1. The molecule has 106 valence electrons. The van der Waals surface area contributed by atoms with Gasteiger partial charge in [0.2, 0.25) is 0 Å². The van der Waals surface area contributed by atoms with Crippen LogP contribution < -0.4 is 4.74 Å². The van der Waals surface area contributed by atoms with E-state index >= 15 is 0 Å². The second-order valence-corrected chi connectivity index (χ2v) is 5.49. The van der Waals surface area contributed by atoms with Gasteiger partial charge < -0.3 is 4.74 Å². The third-order valence-electron chi connectivity index (χ3n) is 3.05. The highest BCUT2D eigenvalue weighted by molar-refractivity contribution is 6.44. The van der Waals surface area contributed by atoms with Crippen LogP contribution in [0, 0.1) is 0 Å². The molecule has 0 aliphatic carbocycles. The maximum Gasteiger partial charge on any atom is 0.161 e. The first kappa shape index (κ1) is 14.4. The van der Waals surface area contributed by atoms with Gasteiger partial charge in [0.05, 0.1) is 28.1 Å². The Morgan fingerprint density at radius 2 is 1.52 bits per heavy atom. The Morgan fingerprint density at radius 3 is 2.19 bits per heavy atom. The van der Waals surface area contributed by atoms with E-state index in [1.165, 1.54) is 0 Å². The second-order valence-electron chi connectivity index (χ2n) is 4.32. The van der Waals surface area contributed by atoms with Crippen LogP contribution >= 0.6 is 34.8 Å². The molecule has 1 heterocycles. The van der Waals surface area contributed by atoms with E-state index in [0.29, 0.717) is 26.8 Å². The number of rotatable bonds is 2. The fourth-order valence-electron chi connectivity index (χ4n) is 2.00. The molecule has 0 atom stereocenters. The molecule has 3 nitrogen and oxygen atoms in total. The molecule has 3 rings (SSSR count). The van der Waals surface area contributed by atoms with Gasteiger partial charge in [0.25, 0.3) is 0 Å².